The molecule has 0 radical (unpaired) electrons. The molecule has 1 saturated heterocycles. The van der Waals surface area contributed by atoms with E-state index in [1.54, 1.807) is 0 Å². The highest BCUT2D eigenvalue weighted by atomic mass is 16.5. The van der Waals surface area contributed by atoms with Gasteiger partial charge in [0.2, 0.25) is 0 Å². The van der Waals surface area contributed by atoms with Crippen molar-refractivity contribution in [1.82, 2.24) is 0 Å². The van der Waals surface area contributed by atoms with Gasteiger partial charge in [0.15, 0.2) is 0 Å². The SMILES string of the molecule is CC(C)=CCC[C@H](C)C[C@@]1(C)CCCO1. The average Bonchev–Trinajstić information content (AvgIpc) is 2.50. The smallest absolute Gasteiger partial charge is 0.0657 e. The summed E-state index contributed by atoms with van der Waals surface area (Å²) in [4.78, 5) is 0. The maximum atomic E-state index is 5.82. The molecule has 0 aliphatic carbocycles. The molecule has 1 rings (SSSR count). The number of ether oxygens (including phenoxy) is 1. The Morgan fingerprint density at radius 2 is 2.20 bits per heavy atom. The highest BCUT2D eigenvalue weighted by molar-refractivity contribution is 4.93. The molecule has 0 aromatic rings. The van der Waals surface area contributed by atoms with Crippen molar-refractivity contribution in [3.63, 3.8) is 0 Å². The van der Waals surface area contributed by atoms with Crippen molar-refractivity contribution in [2.24, 2.45) is 5.92 Å². The van der Waals surface area contributed by atoms with Crippen LogP contribution >= 0.6 is 0 Å². The second-order valence-corrected chi connectivity index (χ2v) is 5.57. The summed E-state index contributed by atoms with van der Waals surface area (Å²) in [5.74, 6) is 0.781. The van der Waals surface area contributed by atoms with Crippen LogP contribution < -0.4 is 0 Å². The third-order valence-corrected chi connectivity index (χ3v) is 3.29. The van der Waals surface area contributed by atoms with E-state index in [2.05, 4.69) is 33.8 Å². The van der Waals surface area contributed by atoms with Gasteiger partial charge in [-0.05, 0) is 58.8 Å². The normalized spacial score (nSPS) is 27.7. The van der Waals surface area contributed by atoms with Gasteiger partial charge in [0.1, 0.15) is 0 Å². The Bertz CT molecular complexity index is 207. The Morgan fingerprint density at radius 1 is 1.47 bits per heavy atom. The summed E-state index contributed by atoms with van der Waals surface area (Å²) < 4.78 is 5.82. The molecule has 1 aliphatic rings. The molecule has 0 amide bonds. The van der Waals surface area contributed by atoms with E-state index in [1.807, 2.05) is 0 Å². The summed E-state index contributed by atoms with van der Waals surface area (Å²) in [6.45, 7) is 9.94. The average molecular weight is 210 g/mol. The monoisotopic (exact) mass is 210 g/mol. The van der Waals surface area contributed by atoms with Crippen molar-refractivity contribution < 1.29 is 4.74 Å². The number of rotatable bonds is 5. The van der Waals surface area contributed by atoms with Crippen molar-refractivity contribution in [2.75, 3.05) is 6.61 Å². The topological polar surface area (TPSA) is 9.23 Å². The minimum atomic E-state index is 0.185. The van der Waals surface area contributed by atoms with Gasteiger partial charge in [-0.1, -0.05) is 18.6 Å². The first-order valence-electron chi connectivity index (χ1n) is 6.29. The van der Waals surface area contributed by atoms with Crippen LogP contribution in [-0.2, 0) is 4.74 Å². The van der Waals surface area contributed by atoms with Gasteiger partial charge in [0.05, 0.1) is 5.60 Å². The quantitative estimate of drug-likeness (QED) is 0.614. The van der Waals surface area contributed by atoms with Crippen molar-refractivity contribution >= 4 is 0 Å². The molecule has 0 bridgehead atoms. The second-order valence-electron chi connectivity index (χ2n) is 5.57. The third kappa shape index (κ3) is 4.83. The van der Waals surface area contributed by atoms with Gasteiger partial charge in [-0.15, -0.1) is 0 Å². The van der Waals surface area contributed by atoms with Crippen LogP contribution in [0.1, 0.15) is 59.8 Å². The van der Waals surface area contributed by atoms with Crippen LogP contribution in [0.3, 0.4) is 0 Å². The molecule has 2 atom stereocenters. The number of hydrogen-bond acceptors (Lipinski definition) is 1. The fourth-order valence-electron chi connectivity index (χ4n) is 2.49. The van der Waals surface area contributed by atoms with Crippen LogP contribution in [0.4, 0.5) is 0 Å². The zero-order valence-corrected chi connectivity index (χ0v) is 10.8. The molecule has 0 unspecified atom stereocenters. The lowest BCUT2D eigenvalue weighted by Crippen LogP contribution is -2.25. The number of allylic oxidation sites excluding steroid dienone is 2. The maximum absolute atomic E-state index is 5.82. The fraction of sp³-hybridized carbons (Fsp3) is 0.857. The molecule has 1 nitrogen and oxygen atoms in total. The molecule has 88 valence electrons. The van der Waals surface area contributed by atoms with Crippen LogP contribution in [0, 0.1) is 5.92 Å². The molecule has 1 heterocycles. The van der Waals surface area contributed by atoms with E-state index in [1.165, 1.54) is 37.7 Å². The van der Waals surface area contributed by atoms with Gasteiger partial charge >= 0.3 is 0 Å². The molecular weight excluding hydrogens is 184 g/mol. The van der Waals surface area contributed by atoms with Crippen LogP contribution in [0.5, 0.6) is 0 Å². The Morgan fingerprint density at radius 3 is 2.73 bits per heavy atom. The predicted molar refractivity (Wildman–Crippen MR) is 66.0 cm³/mol. The Balaban J connectivity index is 2.23. The van der Waals surface area contributed by atoms with Gasteiger partial charge in [-0.25, -0.2) is 0 Å². The molecular formula is C14H26O. The number of hydrogen-bond donors (Lipinski definition) is 0. The molecule has 1 fully saturated rings. The van der Waals surface area contributed by atoms with E-state index >= 15 is 0 Å². The summed E-state index contributed by atoms with van der Waals surface area (Å²) in [5.41, 5.74) is 1.62. The van der Waals surface area contributed by atoms with Gasteiger partial charge in [-0.3, -0.25) is 0 Å². The first kappa shape index (κ1) is 12.8. The van der Waals surface area contributed by atoms with E-state index < -0.39 is 0 Å². The molecule has 1 aliphatic heterocycles. The van der Waals surface area contributed by atoms with E-state index in [4.69, 9.17) is 4.74 Å². The Labute approximate surface area is 94.9 Å². The first-order chi connectivity index (χ1) is 7.02. The lowest BCUT2D eigenvalue weighted by molar-refractivity contribution is 0.00138. The first-order valence-corrected chi connectivity index (χ1v) is 6.29. The Hall–Kier alpha value is -0.300. The summed E-state index contributed by atoms with van der Waals surface area (Å²) in [6.07, 6.45) is 8.58. The van der Waals surface area contributed by atoms with E-state index in [9.17, 15) is 0 Å². The predicted octanol–water partition coefficient (Wildman–Crippen LogP) is 4.33. The minimum Gasteiger partial charge on any atom is -0.375 e. The minimum absolute atomic E-state index is 0.185. The van der Waals surface area contributed by atoms with Crippen molar-refractivity contribution in [3.05, 3.63) is 11.6 Å². The van der Waals surface area contributed by atoms with E-state index in [-0.39, 0.29) is 5.60 Å². The van der Waals surface area contributed by atoms with Crippen LogP contribution in [-0.4, -0.2) is 12.2 Å². The third-order valence-electron chi connectivity index (χ3n) is 3.29. The van der Waals surface area contributed by atoms with Crippen LogP contribution in [0.2, 0.25) is 0 Å². The standard InChI is InChI=1S/C14H26O/c1-12(2)7-5-8-13(3)11-14(4)9-6-10-15-14/h7,13H,5-6,8-11H2,1-4H3/t13-,14+/m0/s1. The van der Waals surface area contributed by atoms with E-state index in [0.717, 1.165) is 12.5 Å². The molecule has 15 heavy (non-hydrogen) atoms. The molecule has 0 aromatic carbocycles. The van der Waals surface area contributed by atoms with Gasteiger partial charge < -0.3 is 4.74 Å². The highest BCUT2D eigenvalue weighted by Gasteiger charge is 2.30. The molecule has 0 N–H and O–H groups in total. The van der Waals surface area contributed by atoms with Gasteiger partial charge in [0, 0.05) is 6.61 Å². The van der Waals surface area contributed by atoms with Crippen molar-refractivity contribution in [3.8, 4) is 0 Å². The molecule has 0 saturated carbocycles. The summed E-state index contributed by atoms with van der Waals surface area (Å²) >= 11 is 0. The molecule has 0 aromatic heterocycles. The van der Waals surface area contributed by atoms with Crippen LogP contribution in [0.15, 0.2) is 11.6 Å². The summed E-state index contributed by atoms with van der Waals surface area (Å²) in [7, 11) is 0. The van der Waals surface area contributed by atoms with Crippen molar-refractivity contribution in [2.45, 2.75) is 65.4 Å². The largest absolute Gasteiger partial charge is 0.375 e. The second kappa shape index (κ2) is 5.69. The van der Waals surface area contributed by atoms with Crippen LogP contribution in [0.25, 0.3) is 0 Å². The highest BCUT2D eigenvalue weighted by Crippen LogP contribution is 2.32. The lowest BCUT2D eigenvalue weighted by atomic mass is 9.88. The zero-order chi connectivity index (χ0) is 11.3. The summed E-state index contributed by atoms with van der Waals surface area (Å²) in [6, 6.07) is 0. The summed E-state index contributed by atoms with van der Waals surface area (Å²) in [5, 5.41) is 0. The Kier molecular flexibility index (Phi) is 4.85. The van der Waals surface area contributed by atoms with Crippen molar-refractivity contribution in [1.29, 1.82) is 0 Å². The van der Waals surface area contributed by atoms with E-state index in [0.29, 0.717) is 0 Å². The maximum Gasteiger partial charge on any atom is 0.0657 e. The molecule has 1 heteroatoms. The lowest BCUT2D eigenvalue weighted by Gasteiger charge is -2.26. The van der Waals surface area contributed by atoms with Gasteiger partial charge in [0.25, 0.3) is 0 Å². The fourth-order valence-corrected chi connectivity index (χ4v) is 2.49. The van der Waals surface area contributed by atoms with Gasteiger partial charge in [-0.2, -0.15) is 0 Å². The molecule has 0 spiro atoms. The zero-order valence-electron chi connectivity index (χ0n) is 10.8.